The van der Waals surface area contributed by atoms with Crippen molar-refractivity contribution >= 4 is 17.3 Å². The zero-order chi connectivity index (χ0) is 22.7. The third kappa shape index (κ3) is 3.68. The van der Waals surface area contributed by atoms with Crippen LogP contribution in [0.25, 0.3) is 0 Å². The molecule has 0 saturated carbocycles. The monoisotopic (exact) mass is 402 g/mol. The van der Waals surface area contributed by atoms with E-state index in [1.807, 2.05) is 0 Å². The normalized spacial score (nSPS) is 32.9. The average Bonchev–Trinajstić information content (AvgIpc) is 2.72. The van der Waals surface area contributed by atoms with Crippen molar-refractivity contribution in [2.75, 3.05) is 0 Å². The summed E-state index contributed by atoms with van der Waals surface area (Å²) in [5.74, 6) is -2.87. The van der Waals surface area contributed by atoms with Gasteiger partial charge in [-0.1, -0.05) is 62.3 Å². The van der Waals surface area contributed by atoms with E-state index in [2.05, 4.69) is 0 Å². The maximum atomic E-state index is 13.2. The predicted molar refractivity (Wildman–Crippen MR) is 100 cm³/mol. The lowest BCUT2D eigenvalue weighted by Gasteiger charge is -2.43. The predicted octanol–water partition coefficient (Wildman–Crippen LogP) is 0.372. The number of aliphatic hydroxyl groups is 4. The second-order valence-electron chi connectivity index (χ2n) is 10.7. The van der Waals surface area contributed by atoms with E-state index < -0.39 is 63.3 Å². The first-order chi connectivity index (χ1) is 12.1. The number of aliphatic hydroxyl groups excluding tert-OH is 2. The fraction of sp³-hybridized carbons (Fsp3) is 0.850. The number of rotatable bonds is 4. The Morgan fingerprint density at radius 2 is 1.14 bits per heavy atom. The molecular weight excluding hydrogens is 368 g/mol. The summed E-state index contributed by atoms with van der Waals surface area (Å²) in [5.41, 5.74) is -9.76. The van der Waals surface area contributed by atoms with Crippen molar-refractivity contribution in [3.8, 4) is 0 Å². The van der Waals surface area contributed by atoms with Crippen LogP contribution in [0.15, 0.2) is 0 Å². The fourth-order valence-corrected chi connectivity index (χ4v) is 3.36. The fourth-order valence-electron chi connectivity index (χ4n) is 3.36. The van der Waals surface area contributed by atoms with Gasteiger partial charge in [-0.2, -0.15) is 0 Å². The first kappa shape index (κ1) is 24.8. The van der Waals surface area contributed by atoms with Gasteiger partial charge >= 0.3 is 0 Å². The van der Waals surface area contributed by atoms with Gasteiger partial charge in [0, 0.05) is 16.2 Å². The van der Waals surface area contributed by atoms with Crippen LogP contribution in [0.5, 0.6) is 0 Å². The van der Waals surface area contributed by atoms with Gasteiger partial charge in [0.05, 0.1) is 0 Å². The summed E-state index contributed by atoms with van der Waals surface area (Å²) >= 11 is 0. The molecule has 1 saturated heterocycles. The van der Waals surface area contributed by atoms with Crippen molar-refractivity contribution in [1.82, 2.24) is 0 Å². The van der Waals surface area contributed by atoms with Crippen molar-refractivity contribution in [2.45, 2.75) is 92.0 Å². The first-order valence-electron chi connectivity index (χ1n) is 9.25. The van der Waals surface area contributed by atoms with E-state index in [9.17, 15) is 34.8 Å². The molecule has 0 spiro atoms. The molecule has 28 heavy (non-hydrogen) atoms. The molecule has 1 heterocycles. The highest BCUT2D eigenvalue weighted by atomic mass is 16.7. The van der Waals surface area contributed by atoms with E-state index in [4.69, 9.17) is 4.74 Å². The van der Waals surface area contributed by atoms with Crippen molar-refractivity contribution in [3.63, 3.8) is 0 Å². The summed E-state index contributed by atoms with van der Waals surface area (Å²) in [7, 11) is 0. The van der Waals surface area contributed by atoms with Crippen LogP contribution in [-0.2, 0) is 19.1 Å². The smallest absolute Gasteiger partial charge is 0.213 e. The molecule has 8 nitrogen and oxygen atoms in total. The summed E-state index contributed by atoms with van der Waals surface area (Å²) in [4.78, 5) is 38.8. The minimum absolute atomic E-state index is 0.780. The summed E-state index contributed by atoms with van der Waals surface area (Å²) in [5, 5.41) is 43.7. The number of carbonyl (C=O) groups is 3. The lowest BCUT2D eigenvalue weighted by molar-refractivity contribution is -0.207. The average molecular weight is 402 g/mol. The zero-order valence-corrected chi connectivity index (χ0v) is 18.2. The molecule has 0 aromatic heterocycles. The molecule has 0 aromatic carbocycles. The van der Waals surface area contributed by atoms with Crippen molar-refractivity contribution in [1.29, 1.82) is 0 Å². The summed E-state index contributed by atoms with van der Waals surface area (Å²) < 4.78 is 5.15. The lowest BCUT2D eigenvalue weighted by atomic mass is 9.63. The number of ketones is 3. The molecule has 5 atom stereocenters. The van der Waals surface area contributed by atoms with Gasteiger partial charge in [0.15, 0.2) is 29.2 Å². The molecule has 162 valence electrons. The molecule has 1 fully saturated rings. The number of Topliss-reactive ketones (excluding diaryl/α,β-unsaturated/α-hetero) is 3. The Kier molecular flexibility index (Phi) is 6.17. The van der Waals surface area contributed by atoms with Crippen LogP contribution in [0.4, 0.5) is 0 Å². The minimum atomic E-state index is -3.07. The highest BCUT2D eigenvalue weighted by molar-refractivity contribution is 6.05. The Bertz CT molecular complexity index is 663. The Morgan fingerprint density at radius 3 is 1.46 bits per heavy atom. The van der Waals surface area contributed by atoms with Crippen molar-refractivity contribution in [3.05, 3.63) is 0 Å². The lowest BCUT2D eigenvalue weighted by Crippen LogP contribution is -2.73. The maximum Gasteiger partial charge on any atom is 0.213 e. The Balaban J connectivity index is 3.75. The molecule has 0 bridgehead atoms. The van der Waals surface area contributed by atoms with Crippen LogP contribution in [0.2, 0.25) is 0 Å². The Hall–Kier alpha value is -1.19. The van der Waals surface area contributed by atoms with Crippen LogP contribution in [0, 0.1) is 16.2 Å². The number of hydrogen-bond donors (Lipinski definition) is 4. The molecule has 1 aliphatic rings. The standard InChI is InChI=1S/C20H34O8/c1-16(2,3)11(22)10(21)12-19(26,13(23)17(4,5)6)20(27,15(25)28-12)14(24)18(7,8)9/h10,12,15,21,25-27H,1-9H3/t10?,12-,15-,19+,20+/m1/s1. The Labute approximate surface area is 165 Å². The van der Waals surface area contributed by atoms with Crippen LogP contribution < -0.4 is 0 Å². The molecule has 0 radical (unpaired) electrons. The summed E-state index contributed by atoms with van der Waals surface area (Å²) in [6, 6.07) is 0. The van der Waals surface area contributed by atoms with E-state index in [-0.39, 0.29) is 0 Å². The van der Waals surface area contributed by atoms with E-state index in [1.54, 1.807) is 0 Å². The quantitative estimate of drug-likeness (QED) is 0.529. The SMILES string of the molecule is CC(C)(C)C(=O)C(O)[C@H]1O[C@@H](O)[C@@](O)(C(=O)C(C)(C)C)[C@@]1(O)C(=O)C(C)(C)C. The van der Waals surface area contributed by atoms with Gasteiger partial charge in [-0.05, 0) is 0 Å². The molecule has 4 N–H and O–H groups in total. The van der Waals surface area contributed by atoms with Crippen LogP contribution in [-0.4, -0.2) is 67.5 Å². The number of carbonyl (C=O) groups excluding carboxylic acids is 3. The molecule has 0 aliphatic carbocycles. The number of hydrogen-bond acceptors (Lipinski definition) is 8. The maximum absolute atomic E-state index is 13.2. The van der Waals surface area contributed by atoms with Crippen LogP contribution in [0.3, 0.4) is 0 Å². The van der Waals surface area contributed by atoms with E-state index in [1.165, 1.54) is 62.3 Å². The van der Waals surface area contributed by atoms with Gasteiger partial charge in [-0.15, -0.1) is 0 Å². The van der Waals surface area contributed by atoms with Gasteiger partial charge in [-0.3, -0.25) is 14.4 Å². The van der Waals surface area contributed by atoms with E-state index >= 15 is 0 Å². The molecule has 0 aromatic rings. The third-order valence-corrected chi connectivity index (χ3v) is 4.98. The molecule has 0 amide bonds. The molecule has 1 rings (SSSR count). The summed E-state index contributed by atoms with van der Waals surface area (Å²) in [6.45, 7) is 13.2. The second-order valence-corrected chi connectivity index (χ2v) is 10.7. The first-order valence-corrected chi connectivity index (χ1v) is 9.25. The molecular formula is C20H34O8. The van der Waals surface area contributed by atoms with Gasteiger partial charge < -0.3 is 25.2 Å². The van der Waals surface area contributed by atoms with Gasteiger partial charge in [0.1, 0.15) is 12.2 Å². The van der Waals surface area contributed by atoms with Crippen LogP contribution in [0.1, 0.15) is 62.3 Å². The number of ether oxygens (including phenoxy) is 1. The molecule has 1 unspecified atom stereocenters. The van der Waals surface area contributed by atoms with Gasteiger partial charge in [-0.25, -0.2) is 0 Å². The third-order valence-electron chi connectivity index (χ3n) is 4.98. The van der Waals surface area contributed by atoms with Crippen LogP contribution >= 0.6 is 0 Å². The Morgan fingerprint density at radius 1 is 0.786 bits per heavy atom. The minimum Gasteiger partial charge on any atom is -0.382 e. The van der Waals surface area contributed by atoms with Gasteiger partial charge in [0.25, 0.3) is 0 Å². The summed E-state index contributed by atoms with van der Waals surface area (Å²) in [6.07, 6.45) is -6.41. The molecule has 8 heteroatoms. The topological polar surface area (TPSA) is 141 Å². The highest BCUT2D eigenvalue weighted by Crippen LogP contribution is 2.48. The highest BCUT2D eigenvalue weighted by Gasteiger charge is 2.76. The second kappa shape index (κ2) is 6.95. The molecule has 1 aliphatic heterocycles. The van der Waals surface area contributed by atoms with Gasteiger partial charge in [0.2, 0.25) is 5.60 Å². The zero-order valence-electron chi connectivity index (χ0n) is 18.2. The van der Waals surface area contributed by atoms with Crippen molar-refractivity contribution in [2.24, 2.45) is 16.2 Å². The van der Waals surface area contributed by atoms with E-state index in [0.29, 0.717) is 0 Å². The van der Waals surface area contributed by atoms with E-state index in [0.717, 1.165) is 0 Å². The largest absolute Gasteiger partial charge is 0.382 e. The van der Waals surface area contributed by atoms with Crippen molar-refractivity contribution < 1.29 is 39.5 Å².